The molecule has 0 unspecified atom stereocenters. The summed E-state index contributed by atoms with van der Waals surface area (Å²) < 4.78 is 0. The van der Waals surface area contributed by atoms with Gasteiger partial charge in [0.05, 0.1) is 0 Å². The van der Waals surface area contributed by atoms with E-state index in [1.807, 2.05) is 0 Å². The molecule has 58 valence electrons. The SMILES string of the molecule is NC=C1CCC(CO)CC1. The van der Waals surface area contributed by atoms with Crippen LogP contribution < -0.4 is 5.73 Å². The molecule has 3 N–H and O–H groups in total. The first-order valence-electron chi connectivity index (χ1n) is 3.87. The molecule has 1 aliphatic rings. The van der Waals surface area contributed by atoms with E-state index < -0.39 is 0 Å². The molecule has 0 aliphatic heterocycles. The lowest BCUT2D eigenvalue weighted by atomic mass is 9.87. The topological polar surface area (TPSA) is 46.2 Å². The van der Waals surface area contributed by atoms with E-state index in [2.05, 4.69) is 0 Å². The first kappa shape index (κ1) is 7.61. The molecule has 2 nitrogen and oxygen atoms in total. The second-order valence-electron chi connectivity index (χ2n) is 2.95. The van der Waals surface area contributed by atoms with Crippen LogP contribution >= 0.6 is 0 Å². The summed E-state index contributed by atoms with van der Waals surface area (Å²) in [5, 5.41) is 8.80. The minimum Gasteiger partial charge on any atom is -0.405 e. The summed E-state index contributed by atoms with van der Waals surface area (Å²) >= 11 is 0. The minimum atomic E-state index is 0.345. The van der Waals surface area contributed by atoms with Crippen molar-refractivity contribution in [3.05, 3.63) is 11.8 Å². The largest absolute Gasteiger partial charge is 0.405 e. The fraction of sp³-hybridized carbons (Fsp3) is 0.750. The molecular formula is C8H15NO. The van der Waals surface area contributed by atoms with Gasteiger partial charge in [-0.15, -0.1) is 0 Å². The Kier molecular flexibility index (Phi) is 2.75. The van der Waals surface area contributed by atoms with Crippen molar-refractivity contribution in [1.82, 2.24) is 0 Å². The average Bonchev–Trinajstić information content (AvgIpc) is 2.05. The Morgan fingerprint density at radius 3 is 2.50 bits per heavy atom. The second-order valence-corrected chi connectivity index (χ2v) is 2.95. The fourth-order valence-corrected chi connectivity index (χ4v) is 1.40. The highest BCUT2D eigenvalue weighted by Crippen LogP contribution is 2.26. The first-order valence-corrected chi connectivity index (χ1v) is 3.87. The molecule has 0 amide bonds. The molecule has 1 fully saturated rings. The molecular weight excluding hydrogens is 126 g/mol. The summed E-state index contributed by atoms with van der Waals surface area (Å²) in [6.07, 6.45) is 6.11. The van der Waals surface area contributed by atoms with Gasteiger partial charge in [-0.05, 0) is 37.8 Å². The predicted octanol–water partition coefficient (Wildman–Crippen LogP) is 1.01. The third kappa shape index (κ3) is 1.74. The van der Waals surface area contributed by atoms with Crippen LogP contribution in [0.25, 0.3) is 0 Å². The summed E-state index contributed by atoms with van der Waals surface area (Å²) in [6.45, 7) is 0.345. The third-order valence-electron chi connectivity index (χ3n) is 2.24. The van der Waals surface area contributed by atoms with E-state index >= 15 is 0 Å². The predicted molar refractivity (Wildman–Crippen MR) is 41.3 cm³/mol. The van der Waals surface area contributed by atoms with Crippen LogP contribution in [0.2, 0.25) is 0 Å². The zero-order valence-electron chi connectivity index (χ0n) is 6.21. The highest BCUT2D eigenvalue weighted by Gasteiger charge is 2.14. The zero-order chi connectivity index (χ0) is 7.40. The third-order valence-corrected chi connectivity index (χ3v) is 2.24. The van der Waals surface area contributed by atoms with Gasteiger partial charge in [-0.1, -0.05) is 5.57 Å². The monoisotopic (exact) mass is 141 g/mol. The summed E-state index contributed by atoms with van der Waals surface area (Å²) in [6, 6.07) is 0. The lowest BCUT2D eigenvalue weighted by Gasteiger charge is -2.21. The summed E-state index contributed by atoms with van der Waals surface area (Å²) in [5.74, 6) is 0.531. The number of aliphatic hydroxyl groups excluding tert-OH is 1. The molecule has 0 aromatic heterocycles. The van der Waals surface area contributed by atoms with Crippen molar-refractivity contribution in [2.75, 3.05) is 6.61 Å². The quantitative estimate of drug-likeness (QED) is 0.572. The van der Waals surface area contributed by atoms with E-state index in [0.29, 0.717) is 12.5 Å². The number of rotatable bonds is 1. The highest BCUT2D eigenvalue weighted by molar-refractivity contribution is 5.02. The molecule has 0 spiro atoms. The Bertz CT molecular complexity index is 121. The van der Waals surface area contributed by atoms with E-state index in [1.165, 1.54) is 5.57 Å². The normalized spacial score (nSPS) is 26.5. The van der Waals surface area contributed by atoms with Crippen molar-refractivity contribution >= 4 is 0 Å². The van der Waals surface area contributed by atoms with Crippen molar-refractivity contribution in [2.24, 2.45) is 11.7 Å². The van der Waals surface area contributed by atoms with Crippen LogP contribution in [0.4, 0.5) is 0 Å². The summed E-state index contributed by atoms with van der Waals surface area (Å²) in [4.78, 5) is 0. The Hall–Kier alpha value is -0.500. The number of hydrogen-bond acceptors (Lipinski definition) is 2. The van der Waals surface area contributed by atoms with Crippen molar-refractivity contribution in [3.63, 3.8) is 0 Å². The van der Waals surface area contributed by atoms with Gasteiger partial charge >= 0.3 is 0 Å². The van der Waals surface area contributed by atoms with Gasteiger partial charge in [-0.2, -0.15) is 0 Å². The van der Waals surface area contributed by atoms with Crippen LogP contribution in [0.1, 0.15) is 25.7 Å². The van der Waals surface area contributed by atoms with Crippen molar-refractivity contribution < 1.29 is 5.11 Å². The van der Waals surface area contributed by atoms with E-state index in [4.69, 9.17) is 10.8 Å². The molecule has 0 aromatic rings. The van der Waals surface area contributed by atoms with E-state index in [1.54, 1.807) is 6.20 Å². The van der Waals surface area contributed by atoms with Crippen LogP contribution in [0, 0.1) is 5.92 Å². The van der Waals surface area contributed by atoms with E-state index in [-0.39, 0.29) is 0 Å². The van der Waals surface area contributed by atoms with Gasteiger partial charge < -0.3 is 10.8 Å². The molecule has 0 saturated heterocycles. The van der Waals surface area contributed by atoms with Crippen LogP contribution in [0.15, 0.2) is 11.8 Å². The van der Waals surface area contributed by atoms with Crippen LogP contribution in [-0.2, 0) is 0 Å². The van der Waals surface area contributed by atoms with Gasteiger partial charge in [0.15, 0.2) is 0 Å². The molecule has 0 radical (unpaired) electrons. The molecule has 1 aliphatic carbocycles. The van der Waals surface area contributed by atoms with E-state index in [0.717, 1.165) is 25.7 Å². The van der Waals surface area contributed by atoms with Crippen molar-refractivity contribution in [1.29, 1.82) is 0 Å². The first-order chi connectivity index (χ1) is 4.86. The standard InChI is InChI=1S/C8H15NO/c9-5-7-1-3-8(6-10)4-2-7/h5,8,10H,1-4,6,9H2. The smallest absolute Gasteiger partial charge is 0.0459 e. The number of hydrogen-bond donors (Lipinski definition) is 2. The van der Waals surface area contributed by atoms with Gasteiger partial charge in [0.1, 0.15) is 0 Å². The fourth-order valence-electron chi connectivity index (χ4n) is 1.40. The molecule has 0 atom stereocenters. The van der Waals surface area contributed by atoms with Gasteiger partial charge in [0.2, 0.25) is 0 Å². The summed E-state index contributed by atoms with van der Waals surface area (Å²) in [7, 11) is 0. The van der Waals surface area contributed by atoms with Crippen molar-refractivity contribution in [3.8, 4) is 0 Å². The molecule has 0 bridgehead atoms. The van der Waals surface area contributed by atoms with Crippen LogP contribution in [-0.4, -0.2) is 11.7 Å². The minimum absolute atomic E-state index is 0.345. The van der Waals surface area contributed by atoms with Gasteiger partial charge in [0.25, 0.3) is 0 Å². The van der Waals surface area contributed by atoms with Crippen LogP contribution in [0.3, 0.4) is 0 Å². The summed E-state index contributed by atoms with van der Waals surface area (Å²) in [5.41, 5.74) is 6.72. The number of aliphatic hydroxyl groups is 1. The highest BCUT2D eigenvalue weighted by atomic mass is 16.3. The molecule has 10 heavy (non-hydrogen) atoms. The Labute approximate surface area is 61.7 Å². The molecule has 0 aromatic carbocycles. The van der Waals surface area contributed by atoms with Gasteiger partial charge in [-0.3, -0.25) is 0 Å². The molecule has 1 rings (SSSR count). The zero-order valence-corrected chi connectivity index (χ0v) is 6.21. The van der Waals surface area contributed by atoms with Crippen LogP contribution in [0.5, 0.6) is 0 Å². The Morgan fingerprint density at radius 1 is 1.50 bits per heavy atom. The number of allylic oxidation sites excluding steroid dienone is 1. The van der Waals surface area contributed by atoms with Gasteiger partial charge in [-0.25, -0.2) is 0 Å². The maximum atomic E-state index is 8.80. The molecule has 2 heteroatoms. The number of nitrogens with two attached hydrogens (primary N) is 1. The second kappa shape index (κ2) is 3.62. The van der Waals surface area contributed by atoms with Gasteiger partial charge in [0, 0.05) is 6.61 Å². The Balaban J connectivity index is 2.31. The average molecular weight is 141 g/mol. The van der Waals surface area contributed by atoms with Crippen molar-refractivity contribution in [2.45, 2.75) is 25.7 Å². The Morgan fingerprint density at radius 2 is 2.10 bits per heavy atom. The molecule has 0 heterocycles. The molecule has 1 saturated carbocycles. The lowest BCUT2D eigenvalue weighted by molar-refractivity contribution is 0.202. The van der Waals surface area contributed by atoms with E-state index in [9.17, 15) is 0 Å². The maximum absolute atomic E-state index is 8.80. The lowest BCUT2D eigenvalue weighted by Crippen LogP contribution is -2.12. The maximum Gasteiger partial charge on any atom is 0.0459 e.